The molecule has 0 aromatic rings. The molecule has 0 fully saturated rings. The van der Waals surface area contributed by atoms with E-state index in [1.807, 2.05) is 0 Å². The molecule has 1 atom stereocenters. The van der Waals surface area contributed by atoms with Gasteiger partial charge in [0.25, 0.3) is 0 Å². The van der Waals surface area contributed by atoms with Crippen molar-refractivity contribution in [1.29, 1.82) is 0 Å². The minimum atomic E-state index is -1.44. The standard InChI is InChI=1S/C9H15NO5.Na/c1-3-15-8(12)4-6(2)10-7(5-11)9(13)14;/h4,7,10-11H,3,5H2,1-2H3,(H,13,14);/q;+1/p-1/t7-;/m0./s1. The second-order valence-corrected chi connectivity index (χ2v) is 2.78. The van der Waals surface area contributed by atoms with Crippen LogP contribution >= 0.6 is 0 Å². The molecule has 7 heteroatoms. The second kappa shape index (κ2) is 9.65. The number of nitrogens with one attached hydrogen (secondary N) is 1. The predicted molar refractivity (Wildman–Crippen MR) is 49.4 cm³/mol. The van der Waals surface area contributed by atoms with Crippen molar-refractivity contribution in [1.82, 2.24) is 5.32 Å². The Kier molecular flexibility index (Phi) is 10.8. The molecule has 0 heterocycles. The van der Waals surface area contributed by atoms with Crippen LogP contribution in [-0.4, -0.2) is 36.3 Å². The second-order valence-electron chi connectivity index (χ2n) is 2.78. The molecule has 86 valence electrons. The monoisotopic (exact) mass is 239 g/mol. The van der Waals surface area contributed by atoms with E-state index in [2.05, 4.69) is 10.1 Å². The average molecular weight is 239 g/mol. The van der Waals surface area contributed by atoms with Crippen LogP contribution in [0.15, 0.2) is 11.8 Å². The Hall–Kier alpha value is -0.560. The number of allylic oxidation sites excluding steroid dienone is 1. The zero-order valence-corrected chi connectivity index (χ0v) is 11.6. The summed E-state index contributed by atoms with van der Waals surface area (Å²) in [7, 11) is 0. The van der Waals surface area contributed by atoms with Gasteiger partial charge in [-0.15, -0.1) is 0 Å². The van der Waals surface area contributed by atoms with E-state index in [1.165, 1.54) is 6.92 Å². The summed E-state index contributed by atoms with van der Waals surface area (Å²) >= 11 is 0. The Morgan fingerprint density at radius 1 is 1.56 bits per heavy atom. The van der Waals surface area contributed by atoms with Gasteiger partial charge in [0.15, 0.2) is 0 Å². The topological polar surface area (TPSA) is 98.7 Å². The van der Waals surface area contributed by atoms with Gasteiger partial charge in [0.2, 0.25) is 0 Å². The van der Waals surface area contributed by atoms with Crippen LogP contribution in [0.3, 0.4) is 0 Å². The molecular weight excluding hydrogens is 225 g/mol. The molecular formula is C9H14NNaO5. The zero-order chi connectivity index (χ0) is 11.8. The number of ether oxygens (including phenoxy) is 1. The number of carbonyl (C=O) groups excluding carboxylic acids is 2. The van der Waals surface area contributed by atoms with E-state index in [0.29, 0.717) is 0 Å². The summed E-state index contributed by atoms with van der Waals surface area (Å²) in [5.74, 6) is -2.01. The third-order valence-corrected chi connectivity index (χ3v) is 1.49. The van der Waals surface area contributed by atoms with Crippen molar-refractivity contribution in [3.8, 4) is 0 Å². The largest absolute Gasteiger partial charge is 1.00 e. The number of hydrogen-bond donors (Lipinski definition) is 2. The molecule has 16 heavy (non-hydrogen) atoms. The van der Waals surface area contributed by atoms with Crippen molar-refractivity contribution >= 4 is 11.9 Å². The fourth-order valence-electron chi connectivity index (χ4n) is 0.856. The van der Waals surface area contributed by atoms with Crippen molar-refractivity contribution in [3.63, 3.8) is 0 Å². The summed E-state index contributed by atoms with van der Waals surface area (Å²) in [6.45, 7) is 2.78. The molecule has 2 N–H and O–H groups in total. The van der Waals surface area contributed by atoms with Gasteiger partial charge in [0, 0.05) is 11.8 Å². The molecule has 0 bridgehead atoms. The number of aliphatic hydroxyl groups is 1. The van der Waals surface area contributed by atoms with Gasteiger partial charge in [0.05, 0.1) is 25.2 Å². The van der Waals surface area contributed by atoms with Crippen molar-refractivity contribution in [2.75, 3.05) is 13.2 Å². The summed E-state index contributed by atoms with van der Waals surface area (Å²) in [4.78, 5) is 21.3. The number of hydrogen-bond acceptors (Lipinski definition) is 6. The predicted octanol–water partition coefficient (Wildman–Crippen LogP) is -4.84. The van der Waals surface area contributed by atoms with Gasteiger partial charge in [-0.25, -0.2) is 4.79 Å². The van der Waals surface area contributed by atoms with Gasteiger partial charge in [-0.05, 0) is 13.8 Å². The van der Waals surface area contributed by atoms with Crippen molar-refractivity contribution in [2.45, 2.75) is 19.9 Å². The van der Waals surface area contributed by atoms with Crippen LogP contribution in [0.2, 0.25) is 0 Å². The number of carboxylic acids is 1. The summed E-state index contributed by atoms with van der Waals surface area (Å²) in [5, 5.41) is 21.5. The number of aliphatic hydroxyl groups excluding tert-OH is 1. The van der Waals surface area contributed by atoms with E-state index in [-0.39, 0.29) is 41.9 Å². The summed E-state index contributed by atoms with van der Waals surface area (Å²) in [6.07, 6.45) is 1.11. The van der Waals surface area contributed by atoms with Crippen molar-refractivity contribution in [3.05, 3.63) is 11.8 Å². The Labute approximate surface area is 116 Å². The summed E-state index contributed by atoms with van der Waals surface area (Å²) in [5.41, 5.74) is 0.289. The van der Waals surface area contributed by atoms with E-state index in [0.717, 1.165) is 6.08 Å². The number of esters is 1. The molecule has 0 amide bonds. The molecule has 0 aliphatic rings. The maximum Gasteiger partial charge on any atom is 1.00 e. The van der Waals surface area contributed by atoms with Crippen molar-refractivity contribution < 1.29 is 54.1 Å². The van der Waals surface area contributed by atoms with E-state index >= 15 is 0 Å². The first-order valence-electron chi connectivity index (χ1n) is 4.44. The minimum absolute atomic E-state index is 0. The number of rotatable bonds is 6. The normalized spacial score (nSPS) is 12.3. The molecule has 0 aliphatic carbocycles. The Balaban J connectivity index is 0. The van der Waals surface area contributed by atoms with Gasteiger partial charge < -0.3 is 25.1 Å². The van der Waals surface area contributed by atoms with E-state index in [1.54, 1.807) is 6.92 Å². The van der Waals surface area contributed by atoms with E-state index in [9.17, 15) is 14.7 Å². The SMILES string of the molecule is CCOC(=O)C=C(C)N[C@@H](CO)C(=O)[O-].[Na+]. The van der Waals surface area contributed by atoms with Gasteiger partial charge in [-0.3, -0.25) is 0 Å². The van der Waals surface area contributed by atoms with Crippen LogP contribution in [0.5, 0.6) is 0 Å². The van der Waals surface area contributed by atoms with Crippen LogP contribution in [0, 0.1) is 0 Å². The zero-order valence-electron chi connectivity index (χ0n) is 9.65. The molecule has 0 aromatic carbocycles. The van der Waals surface area contributed by atoms with Crippen LogP contribution in [0.1, 0.15) is 13.8 Å². The van der Waals surface area contributed by atoms with Crippen LogP contribution in [0.25, 0.3) is 0 Å². The molecule has 0 saturated heterocycles. The average Bonchev–Trinajstić information content (AvgIpc) is 2.13. The molecule has 0 saturated carbocycles. The molecule has 6 nitrogen and oxygen atoms in total. The fourth-order valence-corrected chi connectivity index (χ4v) is 0.856. The van der Waals surface area contributed by atoms with Gasteiger partial charge >= 0.3 is 35.5 Å². The molecule has 0 spiro atoms. The minimum Gasteiger partial charge on any atom is -0.548 e. The number of carbonyl (C=O) groups is 2. The summed E-state index contributed by atoms with van der Waals surface area (Å²) < 4.78 is 4.61. The Morgan fingerprint density at radius 2 is 2.12 bits per heavy atom. The molecule has 0 rings (SSSR count). The first-order valence-corrected chi connectivity index (χ1v) is 4.44. The molecule has 0 aromatic heterocycles. The molecule has 0 radical (unpaired) electrons. The van der Waals surface area contributed by atoms with Gasteiger partial charge in [-0.1, -0.05) is 0 Å². The first kappa shape index (κ1) is 17.8. The number of aliphatic carboxylic acids is 1. The van der Waals surface area contributed by atoms with E-state index < -0.39 is 24.6 Å². The third kappa shape index (κ3) is 7.70. The molecule has 0 aliphatic heterocycles. The third-order valence-electron chi connectivity index (χ3n) is 1.49. The maximum absolute atomic E-state index is 10.9. The van der Waals surface area contributed by atoms with Crippen LogP contribution in [0.4, 0.5) is 0 Å². The maximum atomic E-state index is 10.9. The van der Waals surface area contributed by atoms with E-state index in [4.69, 9.17) is 5.11 Å². The van der Waals surface area contributed by atoms with Crippen molar-refractivity contribution in [2.24, 2.45) is 0 Å². The number of carboxylic acid groups (broad SMARTS) is 1. The van der Waals surface area contributed by atoms with Crippen LogP contribution in [-0.2, 0) is 14.3 Å². The van der Waals surface area contributed by atoms with Crippen LogP contribution < -0.4 is 40.0 Å². The first-order chi connectivity index (χ1) is 7.01. The Bertz CT molecular complexity index is 267. The van der Waals surface area contributed by atoms with Gasteiger partial charge in [-0.2, -0.15) is 0 Å². The Morgan fingerprint density at radius 3 is 2.50 bits per heavy atom. The fraction of sp³-hybridized carbons (Fsp3) is 0.556. The quantitative estimate of drug-likeness (QED) is 0.274. The smallest absolute Gasteiger partial charge is 0.548 e. The van der Waals surface area contributed by atoms with Gasteiger partial charge in [0.1, 0.15) is 0 Å². The summed E-state index contributed by atoms with van der Waals surface area (Å²) in [6, 6.07) is -1.23. The molecule has 0 unspecified atom stereocenters.